The Bertz CT molecular complexity index is 326. The largest absolute Gasteiger partial charge is 0.271 e. The van der Waals surface area contributed by atoms with Crippen molar-refractivity contribution in [1.82, 2.24) is 5.43 Å². The minimum Gasteiger partial charge on any atom is -0.271 e. The van der Waals surface area contributed by atoms with Crippen molar-refractivity contribution in [3.63, 3.8) is 0 Å². The smallest absolute Gasteiger partial charge is 0.0595 e. The molecule has 0 bridgehead atoms. The first-order chi connectivity index (χ1) is 7.04. The third-order valence-corrected chi connectivity index (χ3v) is 3.20. The number of hydrazine groups is 1. The molecule has 0 spiro atoms. The topological polar surface area (TPSA) is 38.0 Å². The van der Waals surface area contributed by atoms with Crippen molar-refractivity contribution in [2.45, 2.75) is 26.3 Å². The molecule has 0 amide bonds. The maximum Gasteiger partial charge on any atom is 0.0595 e. The Kier molecular flexibility index (Phi) is 4.87. The number of benzene rings is 1. The summed E-state index contributed by atoms with van der Waals surface area (Å²) < 4.78 is 0. The Morgan fingerprint density at radius 2 is 1.93 bits per heavy atom. The van der Waals surface area contributed by atoms with Gasteiger partial charge in [0.25, 0.3) is 0 Å². The maximum atomic E-state index is 5.94. The Labute approximate surface area is 101 Å². The molecule has 1 unspecified atom stereocenters. The molecule has 1 atom stereocenters. The van der Waals surface area contributed by atoms with Gasteiger partial charge in [-0.25, -0.2) is 0 Å². The second-order valence-electron chi connectivity index (χ2n) is 3.97. The highest BCUT2D eigenvalue weighted by Gasteiger charge is 2.12. The molecule has 84 valence electrons. The number of halogens is 2. The molecule has 0 heterocycles. The zero-order valence-corrected chi connectivity index (χ0v) is 10.4. The van der Waals surface area contributed by atoms with Gasteiger partial charge in [0.1, 0.15) is 0 Å². The number of hydrogen-bond acceptors (Lipinski definition) is 2. The van der Waals surface area contributed by atoms with Crippen LogP contribution >= 0.6 is 23.2 Å². The standard InChI is InChI=1S/C11H16Cl2N2/c1-7(2)11(15-14)6-8-3-4-9(12)10(13)5-8/h3-5,7,11,15H,6,14H2,1-2H3. The van der Waals surface area contributed by atoms with Crippen LogP contribution in [-0.4, -0.2) is 6.04 Å². The molecule has 0 aromatic heterocycles. The zero-order valence-electron chi connectivity index (χ0n) is 8.93. The van der Waals surface area contributed by atoms with Gasteiger partial charge in [-0.2, -0.15) is 0 Å². The molecule has 1 rings (SSSR count). The first kappa shape index (κ1) is 12.8. The molecule has 15 heavy (non-hydrogen) atoms. The molecule has 0 saturated heterocycles. The van der Waals surface area contributed by atoms with E-state index in [1.807, 2.05) is 18.2 Å². The van der Waals surface area contributed by atoms with Crippen LogP contribution in [0.4, 0.5) is 0 Å². The molecule has 0 fully saturated rings. The maximum absolute atomic E-state index is 5.94. The van der Waals surface area contributed by atoms with Gasteiger partial charge in [0.2, 0.25) is 0 Å². The first-order valence-corrected chi connectivity index (χ1v) is 5.70. The van der Waals surface area contributed by atoms with E-state index in [1.54, 1.807) is 0 Å². The van der Waals surface area contributed by atoms with Crippen molar-refractivity contribution in [2.24, 2.45) is 11.8 Å². The quantitative estimate of drug-likeness (QED) is 0.634. The molecule has 0 saturated carbocycles. The van der Waals surface area contributed by atoms with Gasteiger partial charge in [-0.15, -0.1) is 0 Å². The molecule has 3 N–H and O–H groups in total. The first-order valence-electron chi connectivity index (χ1n) is 4.94. The van der Waals surface area contributed by atoms with Gasteiger partial charge in [-0.1, -0.05) is 43.1 Å². The van der Waals surface area contributed by atoms with Crippen molar-refractivity contribution in [3.8, 4) is 0 Å². The van der Waals surface area contributed by atoms with Crippen molar-refractivity contribution in [2.75, 3.05) is 0 Å². The van der Waals surface area contributed by atoms with Gasteiger partial charge in [0, 0.05) is 6.04 Å². The number of nitrogens with one attached hydrogen (secondary N) is 1. The molecule has 0 aliphatic carbocycles. The highest BCUT2D eigenvalue weighted by molar-refractivity contribution is 6.42. The average molecular weight is 247 g/mol. The minimum absolute atomic E-state index is 0.252. The third-order valence-electron chi connectivity index (χ3n) is 2.46. The molecule has 0 aliphatic heterocycles. The number of hydrogen-bond donors (Lipinski definition) is 2. The summed E-state index contributed by atoms with van der Waals surface area (Å²) in [4.78, 5) is 0. The van der Waals surface area contributed by atoms with Crippen LogP contribution in [0, 0.1) is 5.92 Å². The van der Waals surface area contributed by atoms with E-state index in [9.17, 15) is 0 Å². The lowest BCUT2D eigenvalue weighted by molar-refractivity contribution is 0.404. The Balaban J connectivity index is 2.75. The summed E-state index contributed by atoms with van der Waals surface area (Å²) in [6.07, 6.45) is 0.852. The molecular weight excluding hydrogens is 231 g/mol. The molecule has 0 radical (unpaired) electrons. The van der Waals surface area contributed by atoms with Crippen molar-refractivity contribution in [3.05, 3.63) is 33.8 Å². The summed E-state index contributed by atoms with van der Waals surface area (Å²) in [5.41, 5.74) is 3.95. The Hall–Kier alpha value is -0.280. The minimum atomic E-state index is 0.252. The second-order valence-corrected chi connectivity index (χ2v) is 4.78. The van der Waals surface area contributed by atoms with E-state index >= 15 is 0 Å². The van der Waals surface area contributed by atoms with Crippen molar-refractivity contribution < 1.29 is 0 Å². The van der Waals surface area contributed by atoms with Crippen LogP contribution in [0.25, 0.3) is 0 Å². The van der Waals surface area contributed by atoms with E-state index in [4.69, 9.17) is 29.0 Å². The van der Waals surface area contributed by atoms with Crippen molar-refractivity contribution >= 4 is 23.2 Å². The predicted molar refractivity (Wildman–Crippen MR) is 66.1 cm³/mol. The van der Waals surface area contributed by atoms with Gasteiger partial charge in [0.05, 0.1) is 10.0 Å². The van der Waals surface area contributed by atoms with Crippen LogP contribution in [-0.2, 0) is 6.42 Å². The molecule has 1 aromatic carbocycles. The van der Waals surface area contributed by atoms with Gasteiger partial charge < -0.3 is 0 Å². The second kappa shape index (κ2) is 5.71. The van der Waals surface area contributed by atoms with Crippen LogP contribution in [0.2, 0.25) is 10.0 Å². The van der Waals surface area contributed by atoms with E-state index < -0.39 is 0 Å². The third kappa shape index (κ3) is 3.65. The molecule has 0 aliphatic rings. The number of rotatable bonds is 4. The van der Waals surface area contributed by atoms with Crippen LogP contribution in [0.5, 0.6) is 0 Å². The SMILES string of the molecule is CC(C)C(Cc1ccc(Cl)c(Cl)c1)NN. The van der Waals surface area contributed by atoms with Crippen molar-refractivity contribution in [1.29, 1.82) is 0 Å². The predicted octanol–water partition coefficient (Wildman–Crippen LogP) is 3.02. The van der Waals surface area contributed by atoms with E-state index in [1.165, 1.54) is 0 Å². The fourth-order valence-corrected chi connectivity index (χ4v) is 1.73. The highest BCUT2D eigenvalue weighted by Crippen LogP contribution is 2.23. The number of nitrogens with two attached hydrogens (primary N) is 1. The summed E-state index contributed by atoms with van der Waals surface area (Å²) >= 11 is 11.8. The Morgan fingerprint density at radius 3 is 2.40 bits per heavy atom. The fraction of sp³-hybridized carbons (Fsp3) is 0.455. The summed E-state index contributed by atoms with van der Waals surface area (Å²) in [5, 5.41) is 1.18. The van der Waals surface area contributed by atoms with Crippen LogP contribution < -0.4 is 11.3 Å². The summed E-state index contributed by atoms with van der Waals surface area (Å²) in [5.74, 6) is 5.96. The van der Waals surface area contributed by atoms with Gasteiger partial charge >= 0.3 is 0 Å². The van der Waals surface area contributed by atoms with Gasteiger partial charge in [-0.3, -0.25) is 11.3 Å². The molecule has 2 nitrogen and oxygen atoms in total. The fourth-order valence-electron chi connectivity index (χ4n) is 1.41. The average Bonchev–Trinajstić information content (AvgIpc) is 2.19. The highest BCUT2D eigenvalue weighted by atomic mass is 35.5. The molecule has 1 aromatic rings. The Morgan fingerprint density at radius 1 is 1.27 bits per heavy atom. The lowest BCUT2D eigenvalue weighted by Crippen LogP contribution is -2.40. The summed E-state index contributed by atoms with van der Waals surface area (Å²) in [6, 6.07) is 5.92. The lowest BCUT2D eigenvalue weighted by atomic mass is 9.97. The van der Waals surface area contributed by atoms with E-state index in [0.717, 1.165) is 12.0 Å². The lowest BCUT2D eigenvalue weighted by Gasteiger charge is -2.19. The molecule has 4 heteroatoms. The van der Waals surface area contributed by atoms with Crippen LogP contribution in [0.15, 0.2) is 18.2 Å². The van der Waals surface area contributed by atoms with E-state index in [-0.39, 0.29) is 6.04 Å². The molecular formula is C11H16Cl2N2. The zero-order chi connectivity index (χ0) is 11.4. The summed E-state index contributed by atoms with van der Waals surface area (Å²) in [6.45, 7) is 4.25. The monoisotopic (exact) mass is 246 g/mol. The van der Waals surface area contributed by atoms with E-state index in [2.05, 4.69) is 19.3 Å². The van der Waals surface area contributed by atoms with Gasteiger partial charge in [-0.05, 0) is 30.0 Å². The van der Waals surface area contributed by atoms with E-state index in [0.29, 0.717) is 16.0 Å². The van der Waals surface area contributed by atoms with Gasteiger partial charge in [0.15, 0.2) is 0 Å². The normalized spacial score (nSPS) is 13.2. The van der Waals surface area contributed by atoms with Crippen LogP contribution in [0.1, 0.15) is 19.4 Å². The summed E-state index contributed by atoms with van der Waals surface area (Å²) in [7, 11) is 0. The van der Waals surface area contributed by atoms with Crippen LogP contribution in [0.3, 0.4) is 0 Å².